The second-order valence-electron chi connectivity index (χ2n) is 16.8. The van der Waals surface area contributed by atoms with Gasteiger partial charge in [-0.05, 0) is 102 Å². The lowest BCUT2D eigenvalue weighted by molar-refractivity contribution is -0.984. The van der Waals surface area contributed by atoms with Gasteiger partial charge in [0, 0.05) is 41.5 Å². The largest absolute Gasteiger partial charge is 0.451 e. The quantitative estimate of drug-likeness (QED) is 0.0764. The number of hydrogen-bond donors (Lipinski definition) is 0. The molecule has 5 atom stereocenters. The summed E-state index contributed by atoms with van der Waals surface area (Å²) in [6, 6.07) is 31.0. The van der Waals surface area contributed by atoms with Crippen LogP contribution in [0.15, 0.2) is 104 Å². The highest BCUT2D eigenvalue weighted by Gasteiger charge is 2.59. The highest BCUT2D eigenvalue weighted by atomic mass is 16.5. The minimum absolute atomic E-state index is 0.0918. The van der Waals surface area contributed by atoms with Crippen molar-refractivity contribution in [2.75, 3.05) is 13.1 Å². The molecule has 6 bridgehead atoms. The maximum absolute atomic E-state index is 14.9. The van der Waals surface area contributed by atoms with E-state index in [9.17, 15) is 4.79 Å². The first kappa shape index (κ1) is 29.9. The molecule has 7 fully saturated rings. The molecule has 3 aliphatic heterocycles. The zero-order valence-electron chi connectivity index (χ0n) is 28.5. The predicted molar refractivity (Wildman–Crippen MR) is 197 cm³/mol. The van der Waals surface area contributed by atoms with Crippen LogP contribution < -0.4 is 0 Å². The summed E-state index contributed by atoms with van der Waals surface area (Å²) in [7, 11) is 0. The molecule has 0 radical (unpaired) electrons. The molecule has 248 valence electrons. The Kier molecular flexibility index (Phi) is 6.86. The first-order valence-corrected chi connectivity index (χ1v) is 18.9. The number of aromatic nitrogens is 1. The van der Waals surface area contributed by atoms with E-state index in [0.29, 0.717) is 29.6 Å². The Morgan fingerprint density at radius 2 is 1.49 bits per heavy atom. The van der Waals surface area contributed by atoms with Crippen molar-refractivity contribution in [2.45, 2.75) is 70.1 Å². The zero-order chi connectivity index (χ0) is 32.7. The summed E-state index contributed by atoms with van der Waals surface area (Å²) in [6.45, 7) is 7.40. The van der Waals surface area contributed by atoms with Gasteiger partial charge in [-0.2, -0.15) is 0 Å². The van der Waals surface area contributed by atoms with E-state index >= 15 is 0 Å². The summed E-state index contributed by atoms with van der Waals surface area (Å²) >= 11 is 0. The Morgan fingerprint density at radius 1 is 0.857 bits per heavy atom. The van der Waals surface area contributed by atoms with Gasteiger partial charge in [0.25, 0.3) is 0 Å². The number of carbonyl (C=O) groups is 1. The Balaban J connectivity index is 1.13. The topological polar surface area (TPSA) is 39.2 Å². The van der Waals surface area contributed by atoms with Crippen molar-refractivity contribution in [1.29, 1.82) is 0 Å². The molecule has 4 saturated carbocycles. The number of esters is 1. The average molecular weight is 648 g/mol. The van der Waals surface area contributed by atoms with E-state index in [0.717, 1.165) is 66.3 Å². The summed E-state index contributed by atoms with van der Waals surface area (Å²) in [5.41, 5.74) is 3.23. The first-order chi connectivity index (χ1) is 24.0. The van der Waals surface area contributed by atoms with Crippen LogP contribution in [-0.2, 0) is 16.1 Å². The number of benzene rings is 4. The SMILES string of the molecule is C=C[C@H]1C[N+]2(Cc3c4ccccc4cc4ccccc34)CCC1CC2[C@H](OC(=O)C12CC3CC(CC(C3)C1)C2)c1ccnc2ccccc12. The van der Waals surface area contributed by atoms with E-state index in [2.05, 4.69) is 97.6 Å². The molecule has 4 heteroatoms. The third-order valence-corrected chi connectivity index (χ3v) is 14.1. The van der Waals surface area contributed by atoms with Gasteiger partial charge in [-0.15, -0.1) is 6.58 Å². The number of carbonyl (C=O) groups excluding carboxylic acids is 1. The van der Waals surface area contributed by atoms with Crippen LogP contribution in [0.1, 0.15) is 68.6 Å². The van der Waals surface area contributed by atoms with Crippen molar-refractivity contribution in [3.05, 3.63) is 115 Å². The Labute approximate surface area is 289 Å². The molecule has 12 rings (SSSR count). The van der Waals surface area contributed by atoms with Gasteiger partial charge in [0.05, 0.1) is 24.0 Å². The fourth-order valence-electron chi connectivity index (χ4n) is 12.3. The highest BCUT2D eigenvalue weighted by Crippen LogP contribution is 2.61. The monoisotopic (exact) mass is 647 g/mol. The number of pyridine rings is 1. The highest BCUT2D eigenvalue weighted by molar-refractivity contribution is 6.02. The van der Waals surface area contributed by atoms with E-state index in [-0.39, 0.29) is 23.5 Å². The van der Waals surface area contributed by atoms with E-state index in [1.165, 1.54) is 52.8 Å². The van der Waals surface area contributed by atoms with Crippen molar-refractivity contribution in [3.8, 4) is 0 Å². The Bertz CT molecular complexity index is 2020. The van der Waals surface area contributed by atoms with Crippen LogP contribution in [0.4, 0.5) is 0 Å². The second-order valence-corrected chi connectivity index (χ2v) is 16.8. The minimum atomic E-state index is -0.330. The van der Waals surface area contributed by atoms with Gasteiger partial charge in [0.2, 0.25) is 0 Å². The molecule has 49 heavy (non-hydrogen) atoms. The predicted octanol–water partition coefficient (Wildman–Crippen LogP) is 9.95. The number of fused-ring (bicyclic) bond motifs is 6. The molecular weight excluding hydrogens is 601 g/mol. The normalized spacial score (nSPS) is 33.6. The lowest BCUT2D eigenvalue weighted by Crippen LogP contribution is -2.68. The summed E-state index contributed by atoms with van der Waals surface area (Å²) < 4.78 is 8.14. The number of para-hydroxylation sites is 1. The minimum Gasteiger partial charge on any atom is -0.451 e. The van der Waals surface area contributed by atoms with Crippen LogP contribution in [-0.4, -0.2) is 34.6 Å². The van der Waals surface area contributed by atoms with Crippen LogP contribution >= 0.6 is 0 Å². The summed E-state index contributed by atoms with van der Waals surface area (Å²) in [6.07, 6.45) is 13.1. The number of hydrogen-bond acceptors (Lipinski definition) is 3. The smallest absolute Gasteiger partial charge is 0.312 e. The van der Waals surface area contributed by atoms with Crippen molar-refractivity contribution in [3.63, 3.8) is 0 Å². The van der Waals surface area contributed by atoms with Gasteiger partial charge in [0.1, 0.15) is 12.6 Å². The molecule has 3 unspecified atom stereocenters. The van der Waals surface area contributed by atoms with Gasteiger partial charge in [0.15, 0.2) is 6.10 Å². The molecule has 4 aliphatic carbocycles. The third kappa shape index (κ3) is 4.73. The molecular formula is C45H47N2O2+. The van der Waals surface area contributed by atoms with E-state index < -0.39 is 0 Å². The average Bonchev–Trinajstić information content (AvgIpc) is 3.13. The Hall–Kier alpha value is -4.02. The molecule has 0 amide bonds. The van der Waals surface area contributed by atoms with Crippen LogP contribution in [0.3, 0.4) is 0 Å². The van der Waals surface area contributed by atoms with Crippen molar-refractivity contribution in [1.82, 2.24) is 4.98 Å². The molecule has 7 aliphatic rings. The molecule has 5 aromatic rings. The van der Waals surface area contributed by atoms with Crippen molar-refractivity contribution >= 4 is 38.4 Å². The van der Waals surface area contributed by atoms with Gasteiger partial charge in [-0.3, -0.25) is 9.78 Å². The summed E-state index contributed by atoms with van der Waals surface area (Å²) in [4.78, 5) is 19.7. The molecule has 0 N–H and O–H groups in total. The second kappa shape index (κ2) is 11.3. The van der Waals surface area contributed by atoms with Crippen molar-refractivity contribution < 1.29 is 14.0 Å². The van der Waals surface area contributed by atoms with Crippen LogP contribution in [0.25, 0.3) is 32.4 Å². The molecule has 4 aromatic carbocycles. The standard InChI is InChI=1S/C45H47N2O2/c1-2-32-27-47(28-40-36-11-5-3-9-34(36)22-35-10-4-6-12-37(35)40)18-16-33(32)23-42(47)43(39-15-17-46-41-14-8-7-13-38(39)41)49-44(48)45-24-29-19-30(25-45)21-31(20-29)26-45/h2-15,17,22,29-33,42-43H,1,16,18-21,23-28H2/q+1/t29?,30?,31?,32-,33?,42?,43+,45?,47?/m0/s1. The Morgan fingerprint density at radius 3 is 2.16 bits per heavy atom. The van der Waals surface area contributed by atoms with Crippen LogP contribution in [0.5, 0.6) is 0 Å². The van der Waals surface area contributed by atoms with E-state index in [4.69, 9.17) is 9.72 Å². The summed E-state index contributed by atoms with van der Waals surface area (Å²) in [5, 5.41) is 6.38. The van der Waals surface area contributed by atoms with Crippen LogP contribution in [0.2, 0.25) is 0 Å². The number of ether oxygens (including phenoxy) is 1. The molecule has 4 heterocycles. The van der Waals surface area contributed by atoms with Gasteiger partial charge < -0.3 is 9.22 Å². The molecule has 0 spiro atoms. The molecule has 4 nitrogen and oxygen atoms in total. The lowest BCUT2D eigenvalue weighted by atomic mass is 9.49. The number of quaternary nitrogens is 1. The molecule has 3 saturated heterocycles. The van der Waals surface area contributed by atoms with Crippen LogP contribution in [0, 0.1) is 35.0 Å². The van der Waals surface area contributed by atoms with Gasteiger partial charge in [-0.1, -0.05) is 72.8 Å². The van der Waals surface area contributed by atoms with Crippen molar-refractivity contribution in [2.24, 2.45) is 35.0 Å². The van der Waals surface area contributed by atoms with E-state index in [1.807, 2.05) is 6.20 Å². The lowest BCUT2D eigenvalue weighted by Gasteiger charge is -2.59. The first-order valence-electron chi connectivity index (χ1n) is 18.9. The maximum Gasteiger partial charge on any atom is 0.312 e. The number of piperidine rings is 3. The maximum atomic E-state index is 14.9. The fourth-order valence-corrected chi connectivity index (χ4v) is 12.3. The summed E-state index contributed by atoms with van der Waals surface area (Å²) in [5.74, 6) is 3.19. The number of nitrogens with zero attached hydrogens (tertiary/aromatic N) is 2. The third-order valence-electron chi connectivity index (χ3n) is 14.1. The van der Waals surface area contributed by atoms with E-state index in [1.54, 1.807) is 0 Å². The van der Waals surface area contributed by atoms with Gasteiger partial charge >= 0.3 is 5.97 Å². The molecule has 1 aromatic heterocycles. The number of rotatable bonds is 7. The zero-order valence-corrected chi connectivity index (χ0v) is 28.5. The fraction of sp³-hybridized carbons (Fsp3) is 0.422. The van der Waals surface area contributed by atoms with Gasteiger partial charge in [-0.25, -0.2) is 0 Å².